The summed E-state index contributed by atoms with van der Waals surface area (Å²) in [5, 5.41) is 3.34. The Morgan fingerprint density at radius 3 is 2.35 bits per heavy atom. The molecule has 3 rings (SSSR count). The van der Waals surface area contributed by atoms with Crippen molar-refractivity contribution in [1.29, 1.82) is 0 Å². The molecule has 2 heteroatoms. The number of nitrogens with one attached hydrogen (secondary N) is 1. The van der Waals surface area contributed by atoms with E-state index in [-0.39, 0.29) is 0 Å². The molecular weight excluding hydrogens is 210 g/mol. The van der Waals surface area contributed by atoms with Crippen molar-refractivity contribution in [2.24, 2.45) is 0 Å². The first-order valence-corrected chi connectivity index (χ1v) is 5.75. The number of aldehydes is 1. The Bertz CT molecular complexity index is 558. The summed E-state index contributed by atoms with van der Waals surface area (Å²) >= 11 is 0. The van der Waals surface area contributed by atoms with Crippen LogP contribution >= 0.6 is 0 Å². The van der Waals surface area contributed by atoms with Crippen LogP contribution in [0.15, 0.2) is 42.5 Å². The van der Waals surface area contributed by atoms with Gasteiger partial charge in [0.15, 0.2) is 0 Å². The van der Waals surface area contributed by atoms with Crippen LogP contribution in [0.1, 0.15) is 21.5 Å². The fraction of sp³-hybridized carbons (Fsp3) is 0.133. The van der Waals surface area contributed by atoms with Crippen molar-refractivity contribution in [2.45, 2.75) is 13.1 Å². The normalized spacial score (nSPS) is 13.4. The number of carbonyl (C=O) groups is 1. The number of fused-ring (bicyclic) bond motifs is 1. The van der Waals surface area contributed by atoms with Gasteiger partial charge in [0.05, 0.1) is 0 Å². The number of carbonyl (C=O) groups excluding carboxylic acids is 1. The molecule has 0 aromatic heterocycles. The summed E-state index contributed by atoms with van der Waals surface area (Å²) in [6, 6.07) is 14.2. The van der Waals surface area contributed by atoms with Crippen molar-refractivity contribution in [3.05, 3.63) is 59.2 Å². The summed E-state index contributed by atoms with van der Waals surface area (Å²) in [6.45, 7) is 1.93. The lowest BCUT2D eigenvalue weighted by Gasteiger charge is -2.04. The van der Waals surface area contributed by atoms with Gasteiger partial charge in [0, 0.05) is 18.7 Å². The predicted molar refractivity (Wildman–Crippen MR) is 67.8 cm³/mol. The van der Waals surface area contributed by atoms with Crippen LogP contribution in [0.4, 0.5) is 0 Å². The molecule has 0 fully saturated rings. The fourth-order valence-corrected chi connectivity index (χ4v) is 2.23. The molecule has 2 aromatic rings. The van der Waals surface area contributed by atoms with E-state index in [1.807, 2.05) is 24.3 Å². The lowest BCUT2D eigenvalue weighted by atomic mass is 10.00. The number of hydrogen-bond donors (Lipinski definition) is 1. The van der Waals surface area contributed by atoms with Crippen LogP contribution in [-0.2, 0) is 13.1 Å². The highest BCUT2D eigenvalue weighted by molar-refractivity contribution is 5.77. The molecule has 0 atom stereocenters. The highest BCUT2D eigenvalue weighted by Gasteiger charge is 2.10. The standard InChI is InChI=1S/C15H13NO/c17-10-11-1-3-12(4-2-11)13-5-6-14-8-16-9-15(14)7-13/h1-7,10,16H,8-9H2. The maximum Gasteiger partial charge on any atom is 0.150 e. The van der Waals surface area contributed by atoms with Gasteiger partial charge < -0.3 is 5.32 Å². The van der Waals surface area contributed by atoms with Crippen molar-refractivity contribution >= 4 is 6.29 Å². The van der Waals surface area contributed by atoms with Crippen molar-refractivity contribution in [3.8, 4) is 11.1 Å². The van der Waals surface area contributed by atoms with Gasteiger partial charge in [-0.2, -0.15) is 0 Å². The summed E-state index contributed by atoms with van der Waals surface area (Å²) in [4.78, 5) is 10.6. The summed E-state index contributed by atoms with van der Waals surface area (Å²) in [6.07, 6.45) is 0.871. The summed E-state index contributed by atoms with van der Waals surface area (Å²) in [5.74, 6) is 0. The Morgan fingerprint density at radius 1 is 0.882 bits per heavy atom. The lowest BCUT2D eigenvalue weighted by molar-refractivity contribution is 0.112. The predicted octanol–water partition coefficient (Wildman–Crippen LogP) is 2.77. The van der Waals surface area contributed by atoms with E-state index in [0.29, 0.717) is 0 Å². The number of benzene rings is 2. The summed E-state index contributed by atoms with van der Waals surface area (Å²) < 4.78 is 0. The highest BCUT2D eigenvalue weighted by Crippen LogP contribution is 2.25. The van der Waals surface area contributed by atoms with Gasteiger partial charge >= 0.3 is 0 Å². The van der Waals surface area contributed by atoms with E-state index >= 15 is 0 Å². The van der Waals surface area contributed by atoms with Crippen molar-refractivity contribution < 1.29 is 4.79 Å². The highest BCUT2D eigenvalue weighted by atomic mass is 16.1. The molecule has 0 bridgehead atoms. The average molecular weight is 223 g/mol. The molecule has 0 saturated heterocycles. The van der Waals surface area contributed by atoms with Crippen LogP contribution in [0, 0.1) is 0 Å². The molecule has 1 N–H and O–H groups in total. The molecule has 0 unspecified atom stereocenters. The van der Waals surface area contributed by atoms with E-state index in [9.17, 15) is 4.79 Å². The first-order chi connectivity index (χ1) is 8.36. The molecule has 2 nitrogen and oxygen atoms in total. The summed E-state index contributed by atoms with van der Waals surface area (Å²) in [5.41, 5.74) is 5.85. The van der Waals surface area contributed by atoms with Gasteiger partial charge in [0.1, 0.15) is 6.29 Å². The summed E-state index contributed by atoms with van der Waals surface area (Å²) in [7, 11) is 0. The van der Waals surface area contributed by atoms with Crippen LogP contribution < -0.4 is 5.32 Å². The van der Waals surface area contributed by atoms with E-state index in [1.165, 1.54) is 16.7 Å². The molecule has 0 radical (unpaired) electrons. The number of hydrogen-bond acceptors (Lipinski definition) is 2. The topological polar surface area (TPSA) is 29.1 Å². The Balaban J connectivity index is 2.00. The zero-order chi connectivity index (χ0) is 11.7. The molecule has 1 heterocycles. The third-order valence-electron chi connectivity index (χ3n) is 3.22. The van der Waals surface area contributed by atoms with Gasteiger partial charge in [-0.1, -0.05) is 36.4 Å². The second kappa shape index (κ2) is 4.15. The van der Waals surface area contributed by atoms with Gasteiger partial charge in [0.25, 0.3) is 0 Å². The van der Waals surface area contributed by atoms with E-state index in [4.69, 9.17) is 0 Å². The van der Waals surface area contributed by atoms with Gasteiger partial charge in [-0.25, -0.2) is 0 Å². The molecule has 0 spiro atoms. The minimum atomic E-state index is 0.719. The van der Waals surface area contributed by atoms with Crippen LogP contribution in [0.25, 0.3) is 11.1 Å². The maximum absolute atomic E-state index is 10.6. The van der Waals surface area contributed by atoms with Crippen LogP contribution in [0.2, 0.25) is 0 Å². The molecule has 1 aliphatic heterocycles. The maximum atomic E-state index is 10.6. The molecule has 1 aliphatic rings. The second-order valence-electron chi connectivity index (χ2n) is 4.33. The minimum Gasteiger partial charge on any atom is -0.309 e. The zero-order valence-corrected chi connectivity index (χ0v) is 9.44. The monoisotopic (exact) mass is 223 g/mol. The van der Waals surface area contributed by atoms with E-state index < -0.39 is 0 Å². The molecule has 84 valence electrons. The fourth-order valence-electron chi connectivity index (χ4n) is 2.23. The minimum absolute atomic E-state index is 0.719. The van der Waals surface area contributed by atoms with Gasteiger partial charge in [0.2, 0.25) is 0 Å². The van der Waals surface area contributed by atoms with Gasteiger partial charge in [-0.15, -0.1) is 0 Å². The first kappa shape index (κ1) is 10.2. The zero-order valence-electron chi connectivity index (χ0n) is 9.44. The van der Waals surface area contributed by atoms with Crippen molar-refractivity contribution in [2.75, 3.05) is 0 Å². The molecule has 0 amide bonds. The van der Waals surface area contributed by atoms with E-state index in [2.05, 4.69) is 23.5 Å². The third kappa shape index (κ3) is 1.87. The molecule has 2 aromatic carbocycles. The molecular formula is C15H13NO. The smallest absolute Gasteiger partial charge is 0.150 e. The lowest BCUT2D eigenvalue weighted by Crippen LogP contribution is -1.99. The van der Waals surface area contributed by atoms with Crippen LogP contribution in [0.3, 0.4) is 0 Å². The quantitative estimate of drug-likeness (QED) is 0.793. The average Bonchev–Trinajstić information content (AvgIpc) is 2.86. The Labute approximate surface area is 100 Å². The van der Waals surface area contributed by atoms with E-state index in [0.717, 1.165) is 30.5 Å². The molecule has 0 saturated carbocycles. The van der Waals surface area contributed by atoms with Gasteiger partial charge in [-0.05, 0) is 28.3 Å². The van der Waals surface area contributed by atoms with Crippen molar-refractivity contribution in [3.63, 3.8) is 0 Å². The van der Waals surface area contributed by atoms with Crippen LogP contribution in [-0.4, -0.2) is 6.29 Å². The third-order valence-corrected chi connectivity index (χ3v) is 3.22. The molecule has 0 aliphatic carbocycles. The van der Waals surface area contributed by atoms with Crippen LogP contribution in [0.5, 0.6) is 0 Å². The first-order valence-electron chi connectivity index (χ1n) is 5.75. The Kier molecular flexibility index (Phi) is 2.50. The largest absolute Gasteiger partial charge is 0.309 e. The Morgan fingerprint density at radius 2 is 1.59 bits per heavy atom. The van der Waals surface area contributed by atoms with E-state index in [1.54, 1.807) is 0 Å². The van der Waals surface area contributed by atoms with Crippen molar-refractivity contribution in [1.82, 2.24) is 5.32 Å². The number of rotatable bonds is 2. The second-order valence-corrected chi connectivity index (χ2v) is 4.33. The Hall–Kier alpha value is -1.93. The molecule has 17 heavy (non-hydrogen) atoms. The van der Waals surface area contributed by atoms with Gasteiger partial charge in [-0.3, -0.25) is 4.79 Å². The SMILES string of the molecule is O=Cc1ccc(-c2ccc3c(c2)CNC3)cc1.